The van der Waals surface area contributed by atoms with Gasteiger partial charge in [0.1, 0.15) is 0 Å². The number of esters is 6. The van der Waals surface area contributed by atoms with E-state index in [1.807, 2.05) is 0 Å². The van der Waals surface area contributed by atoms with Crippen molar-refractivity contribution in [1.29, 1.82) is 0 Å². The fourth-order valence-electron chi connectivity index (χ4n) is 2.70. The zero-order chi connectivity index (χ0) is 27.5. The summed E-state index contributed by atoms with van der Waals surface area (Å²) in [6.07, 6.45) is 4.53. The van der Waals surface area contributed by atoms with Gasteiger partial charge >= 0.3 is 35.8 Å². The topological polar surface area (TPSA) is 149 Å². The van der Waals surface area contributed by atoms with Crippen molar-refractivity contribution >= 4 is 48.0 Å². The van der Waals surface area contributed by atoms with Crippen LogP contribution in [-0.4, -0.2) is 35.8 Å². The quantitative estimate of drug-likeness (QED) is 0.223. The van der Waals surface area contributed by atoms with E-state index in [4.69, 9.17) is 18.9 Å². The Bertz CT molecular complexity index is 1200. The molecule has 2 rings (SSSR count). The highest BCUT2D eigenvalue weighted by Crippen LogP contribution is 2.30. The second-order valence-electron chi connectivity index (χ2n) is 7.19. The zero-order valence-electron chi connectivity index (χ0n) is 20.3. The van der Waals surface area contributed by atoms with E-state index in [2.05, 4.69) is 4.74 Å². The fourth-order valence-corrected chi connectivity index (χ4v) is 2.70. The van der Waals surface area contributed by atoms with Crippen molar-refractivity contribution in [3.8, 4) is 23.0 Å². The first-order valence-electron chi connectivity index (χ1n) is 10.6. The molecule has 0 spiro atoms. The van der Waals surface area contributed by atoms with E-state index in [0.717, 1.165) is 12.2 Å². The van der Waals surface area contributed by atoms with E-state index in [1.54, 1.807) is 0 Å². The standard InChI is InChI=1S/C26H22O11/c1-15(27)33-21-9-5-19(13-23(21)35-17(3)29)7-11-25(31)37-26(32)12-8-20-6-10-22(34-16(2)28)24(14-20)36-18(4)30/h5-14H,1-4H3/b11-7+,12-8+. The van der Waals surface area contributed by atoms with Crippen molar-refractivity contribution in [3.63, 3.8) is 0 Å². The summed E-state index contributed by atoms with van der Waals surface area (Å²) in [7, 11) is 0. The smallest absolute Gasteiger partial charge is 0.338 e. The first-order chi connectivity index (χ1) is 17.4. The van der Waals surface area contributed by atoms with Gasteiger partial charge in [0.25, 0.3) is 0 Å². The predicted molar refractivity (Wildman–Crippen MR) is 127 cm³/mol. The van der Waals surface area contributed by atoms with Crippen molar-refractivity contribution in [2.75, 3.05) is 0 Å². The van der Waals surface area contributed by atoms with Gasteiger partial charge in [-0.25, -0.2) is 9.59 Å². The summed E-state index contributed by atoms with van der Waals surface area (Å²) in [6, 6.07) is 8.41. The Morgan fingerprint density at radius 1 is 0.514 bits per heavy atom. The van der Waals surface area contributed by atoms with Crippen LogP contribution in [0.2, 0.25) is 0 Å². The highest BCUT2D eigenvalue weighted by atomic mass is 16.6. The van der Waals surface area contributed by atoms with Crippen molar-refractivity contribution in [1.82, 2.24) is 0 Å². The van der Waals surface area contributed by atoms with Crippen LogP contribution < -0.4 is 18.9 Å². The molecule has 0 bridgehead atoms. The summed E-state index contributed by atoms with van der Waals surface area (Å²) in [5.41, 5.74) is 0.774. The van der Waals surface area contributed by atoms with E-state index >= 15 is 0 Å². The fraction of sp³-hybridized carbons (Fsp3) is 0.154. The first-order valence-corrected chi connectivity index (χ1v) is 10.6. The van der Waals surface area contributed by atoms with Crippen LogP contribution >= 0.6 is 0 Å². The number of hydrogen-bond donors (Lipinski definition) is 0. The lowest BCUT2D eigenvalue weighted by Crippen LogP contribution is -2.08. The second kappa shape index (κ2) is 13.1. The van der Waals surface area contributed by atoms with Crippen LogP contribution in [0.1, 0.15) is 38.8 Å². The predicted octanol–water partition coefficient (Wildman–Crippen LogP) is 3.18. The molecule has 11 nitrogen and oxygen atoms in total. The molecule has 0 amide bonds. The molecule has 192 valence electrons. The summed E-state index contributed by atoms with van der Waals surface area (Å²) in [6.45, 7) is 4.71. The third-order valence-electron chi connectivity index (χ3n) is 3.98. The van der Waals surface area contributed by atoms with Crippen molar-refractivity contribution < 1.29 is 52.5 Å². The Hall–Kier alpha value is -5.06. The molecule has 0 saturated heterocycles. The molecule has 0 heterocycles. The van der Waals surface area contributed by atoms with Crippen molar-refractivity contribution in [2.45, 2.75) is 27.7 Å². The van der Waals surface area contributed by atoms with Gasteiger partial charge in [-0.2, -0.15) is 0 Å². The normalized spacial score (nSPS) is 10.6. The van der Waals surface area contributed by atoms with E-state index in [-0.39, 0.29) is 23.0 Å². The van der Waals surface area contributed by atoms with Gasteiger partial charge in [0.2, 0.25) is 0 Å². The number of ether oxygens (including phenoxy) is 5. The molecule has 2 aromatic rings. The Balaban J connectivity index is 2.08. The molecule has 0 aliphatic heterocycles. The molecule has 0 fully saturated rings. The van der Waals surface area contributed by atoms with Gasteiger partial charge in [-0.3, -0.25) is 19.2 Å². The molecule has 0 unspecified atom stereocenters. The Kier molecular flexibility index (Phi) is 10.0. The molecular weight excluding hydrogens is 488 g/mol. The number of hydrogen-bond acceptors (Lipinski definition) is 11. The maximum absolute atomic E-state index is 12.0. The lowest BCUT2D eigenvalue weighted by atomic mass is 10.2. The van der Waals surface area contributed by atoms with Crippen molar-refractivity contribution in [3.05, 3.63) is 59.7 Å². The van der Waals surface area contributed by atoms with Gasteiger partial charge in [-0.15, -0.1) is 0 Å². The summed E-state index contributed by atoms with van der Waals surface area (Å²) in [4.78, 5) is 69.0. The van der Waals surface area contributed by atoms with E-state index in [0.29, 0.717) is 11.1 Å². The van der Waals surface area contributed by atoms with Gasteiger partial charge in [0.05, 0.1) is 0 Å². The zero-order valence-corrected chi connectivity index (χ0v) is 20.3. The van der Waals surface area contributed by atoms with Gasteiger partial charge in [-0.05, 0) is 47.5 Å². The van der Waals surface area contributed by atoms with Gasteiger partial charge < -0.3 is 23.7 Å². The van der Waals surface area contributed by atoms with Gasteiger partial charge in [0.15, 0.2) is 23.0 Å². The molecule has 37 heavy (non-hydrogen) atoms. The highest BCUT2D eigenvalue weighted by Gasteiger charge is 2.12. The van der Waals surface area contributed by atoms with Crippen LogP contribution in [0, 0.1) is 0 Å². The average Bonchev–Trinajstić information content (AvgIpc) is 2.78. The lowest BCUT2D eigenvalue weighted by molar-refractivity contribution is -0.152. The molecule has 0 N–H and O–H groups in total. The molecule has 0 aliphatic rings. The van der Waals surface area contributed by atoms with E-state index in [1.165, 1.54) is 76.2 Å². The van der Waals surface area contributed by atoms with Gasteiger partial charge in [0, 0.05) is 39.8 Å². The molecular formula is C26H22O11. The molecule has 0 saturated carbocycles. The van der Waals surface area contributed by atoms with Gasteiger partial charge in [-0.1, -0.05) is 12.1 Å². The summed E-state index contributed by atoms with van der Waals surface area (Å²) in [5, 5.41) is 0. The third kappa shape index (κ3) is 9.99. The number of carbonyl (C=O) groups excluding carboxylic acids is 6. The summed E-state index contributed by atoms with van der Waals surface area (Å²) in [5.74, 6) is -4.54. The molecule has 0 aliphatic carbocycles. The molecule has 2 aromatic carbocycles. The van der Waals surface area contributed by atoms with Crippen LogP contribution in [0.4, 0.5) is 0 Å². The molecule has 0 radical (unpaired) electrons. The lowest BCUT2D eigenvalue weighted by Gasteiger charge is -2.09. The number of rotatable bonds is 8. The number of carbonyl (C=O) groups is 6. The van der Waals surface area contributed by atoms with Crippen LogP contribution in [0.15, 0.2) is 48.6 Å². The first kappa shape index (κ1) is 28.2. The van der Waals surface area contributed by atoms with E-state index < -0.39 is 35.8 Å². The second-order valence-corrected chi connectivity index (χ2v) is 7.19. The Morgan fingerprint density at radius 2 is 0.838 bits per heavy atom. The SMILES string of the molecule is CC(=O)Oc1ccc(/C=C/C(=O)OC(=O)/C=C/c2ccc(OC(C)=O)c(OC(C)=O)c2)cc1OC(C)=O. The molecule has 0 atom stereocenters. The minimum Gasteiger partial charge on any atom is -0.423 e. The third-order valence-corrected chi connectivity index (χ3v) is 3.98. The van der Waals surface area contributed by atoms with E-state index in [9.17, 15) is 28.8 Å². The van der Waals surface area contributed by atoms with Crippen LogP contribution in [0.3, 0.4) is 0 Å². The Labute approximate surface area is 211 Å². The summed E-state index contributed by atoms with van der Waals surface area (Å²) < 4.78 is 24.6. The molecule has 11 heteroatoms. The number of benzene rings is 2. The van der Waals surface area contributed by atoms with Crippen LogP contribution in [-0.2, 0) is 33.5 Å². The van der Waals surface area contributed by atoms with Crippen molar-refractivity contribution in [2.24, 2.45) is 0 Å². The van der Waals surface area contributed by atoms with Crippen LogP contribution in [0.5, 0.6) is 23.0 Å². The average molecular weight is 510 g/mol. The molecule has 0 aromatic heterocycles. The summed E-state index contributed by atoms with van der Waals surface area (Å²) >= 11 is 0. The maximum atomic E-state index is 12.0. The minimum absolute atomic E-state index is 0.0143. The monoisotopic (exact) mass is 510 g/mol. The van der Waals surface area contributed by atoms with Crippen LogP contribution in [0.25, 0.3) is 12.2 Å². The minimum atomic E-state index is -0.987. The Morgan fingerprint density at radius 3 is 1.16 bits per heavy atom. The maximum Gasteiger partial charge on any atom is 0.338 e. The largest absolute Gasteiger partial charge is 0.423 e. The highest BCUT2D eigenvalue weighted by molar-refractivity contribution is 6.00.